The minimum atomic E-state index is -0.505. The molecule has 1 atom stereocenters. The summed E-state index contributed by atoms with van der Waals surface area (Å²) in [7, 11) is 1.62. The first kappa shape index (κ1) is 26.3. The summed E-state index contributed by atoms with van der Waals surface area (Å²) >= 11 is 0. The van der Waals surface area contributed by atoms with Crippen LogP contribution in [0.2, 0.25) is 0 Å². The number of hydrogen-bond acceptors (Lipinski definition) is 6. The number of carbonyl (C=O) groups excluding carboxylic acids is 2. The lowest BCUT2D eigenvalue weighted by Crippen LogP contribution is -2.32. The van der Waals surface area contributed by atoms with Gasteiger partial charge in [-0.25, -0.2) is 9.99 Å². The third-order valence-corrected chi connectivity index (χ3v) is 7.44. The van der Waals surface area contributed by atoms with Gasteiger partial charge in [0.2, 0.25) is 0 Å². The van der Waals surface area contributed by atoms with E-state index >= 15 is 0 Å². The van der Waals surface area contributed by atoms with Crippen LogP contribution in [0.4, 0.5) is 0 Å². The Balaban J connectivity index is 1.22. The number of hydrazone groups is 1. The van der Waals surface area contributed by atoms with E-state index in [9.17, 15) is 9.59 Å². The average Bonchev–Trinajstić information content (AvgIpc) is 3.62. The quantitative estimate of drug-likeness (QED) is 0.234. The number of para-hydroxylation sites is 2. The molecule has 0 saturated carbocycles. The fourth-order valence-corrected chi connectivity index (χ4v) is 5.32. The van der Waals surface area contributed by atoms with Crippen molar-refractivity contribution >= 4 is 39.4 Å². The van der Waals surface area contributed by atoms with E-state index in [1.54, 1.807) is 7.11 Å². The molecule has 1 unspecified atom stereocenters. The van der Waals surface area contributed by atoms with Crippen molar-refractivity contribution in [3.8, 4) is 5.75 Å². The van der Waals surface area contributed by atoms with Crippen LogP contribution >= 0.6 is 0 Å². The highest BCUT2D eigenvalue weighted by molar-refractivity contribution is 6.05. The second-order valence-corrected chi connectivity index (χ2v) is 9.96. The SMILES string of the molecule is CCc1nc2ccccc2n1CC(=O)OCC(=O)N1N=C(c2ccc3ccccc3c2)CC1c1ccc(OC)cc1. The van der Waals surface area contributed by atoms with E-state index in [0.29, 0.717) is 12.8 Å². The zero-order valence-corrected chi connectivity index (χ0v) is 23.0. The van der Waals surface area contributed by atoms with Crippen LogP contribution in [0.1, 0.15) is 36.3 Å². The van der Waals surface area contributed by atoms with E-state index in [2.05, 4.69) is 29.2 Å². The molecule has 41 heavy (non-hydrogen) atoms. The van der Waals surface area contributed by atoms with Crippen LogP contribution in [0.3, 0.4) is 0 Å². The molecule has 6 rings (SSSR count). The minimum Gasteiger partial charge on any atom is -0.497 e. The Hall–Kier alpha value is -4.98. The number of fused-ring (bicyclic) bond motifs is 2. The number of carbonyl (C=O) groups is 2. The van der Waals surface area contributed by atoms with Gasteiger partial charge < -0.3 is 14.0 Å². The Morgan fingerprint density at radius 3 is 2.46 bits per heavy atom. The van der Waals surface area contributed by atoms with Crippen LogP contribution in [0.15, 0.2) is 96.1 Å². The van der Waals surface area contributed by atoms with Gasteiger partial charge in [-0.1, -0.05) is 67.6 Å². The number of aryl methyl sites for hydroxylation is 1. The normalized spacial score (nSPS) is 14.8. The van der Waals surface area contributed by atoms with Crippen LogP contribution in [0.5, 0.6) is 5.75 Å². The molecule has 8 nitrogen and oxygen atoms in total. The van der Waals surface area contributed by atoms with Gasteiger partial charge in [0.05, 0.1) is 29.9 Å². The number of ether oxygens (including phenoxy) is 2. The summed E-state index contributed by atoms with van der Waals surface area (Å²) in [6.07, 6.45) is 1.20. The van der Waals surface area contributed by atoms with Gasteiger partial charge in [-0.3, -0.25) is 9.59 Å². The summed E-state index contributed by atoms with van der Waals surface area (Å²) < 4.78 is 12.6. The Morgan fingerprint density at radius 1 is 0.927 bits per heavy atom. The Morgan fingerprint density at radius 2 is 1.68 bits per heavy atom. The van der Waals surface area contributed by atoms with Crippen molar-refractivity contribution in [3.05, 3.63) is 108 Å². The van der Waals surface area contributed by atoms with Crippen molar-refractivity contribution in [1.82, 2.24) is 14.6 Å². The fourth-order valence-electron chi connectivity index (χ4n) is 5.32. The first-order valence-electron chi connectivity index (χ1n) is 13.7. The third-order valence-electron chi connectivity index (χ3n) is 7.44. The number of aromatic nitrogens is 2. The van der Waals surface area contributed by atoms with E-state index in [1.165, 1.54) is 5.01 Å². The molecule has 0 spiro atoms. The molecule has 8 heteroatoms. The van der Waals surface area contributed by atoms with Crippen LogP contribution < -0.4 is 4.74 Å². The first-order valence-corrected chi connectivity index (χ1v) is 13.7. The largest absolute Gasteiger partial charge is 0.497 e. The summed E-state index contributed by atoms with van der Waals surface area (Å²) in [6.45, 7) is 1.56. The van der Waals surface area contributed by atoms with Crippen molar-refractivity contribution in [2.45, 2.75) is 32.4 Å². The molecule has 5 aromatic rings. The topological polar surface area (TPSA) is 86.0 Å². The molecule has 1 aliphatic rings. The van der Waals surface area contributed by atoms with E-state index < -0.39 is 12.6 Å². The molecule has 1 amide bonds. The van der Waals surface area contributed by atoms with Gasteiger partial charge in [-0.15, -0.1) is 0 Å². The predicted molar refractivity (Wildman–Crippen MR) is 158 cm³/mol. The molecule has 0 radical (unpaired) electrons. The maximum Gasteiger partial charge on any atom is 0.326 e. The van der Waals surface area contributed by atoms with Gasteiger partial charge in [-0.2, -0.15) is 5.10 Å². The van der Waals surface area contributed by atoms with Crippen LogP contribution in [0, 0.1) is 0 Å². The lowest BCUT2D eigenvalue weighted by molar-refractivity contribution is -0.153. The molecule has 1 aliphatic heterocycles. The van der Waals surface area contributed by atoms with Crippen molar-refractivity contribution in [2.75, 3.05) is 13.7 Å². The zero-order chi connectivity index (χ0) is 28.3. The summed E-state index contributed by atoms with van der Waals surface area (Å²) in [6, 6.07) is 29.3. The number of hydrogen-bond donors (Lipinski definition) is 0. The number of methoxy groups -OCH3 is 1. The van der Waals surface area contributed by atoms with E-state index in [-0.39, 0.29) is 18.5 Å². The smallest absolute Gasteiger partial charge is 0.326 e. The maximum absolute atomic E-state index is 13.5. The highest BCUT2D eigenvalue weighted by Crippen LogP contribution is 2.34. The Bertz CT molecular complexity index is 1770. The van der Waals surface area contributed by atoms with E-state index in [1.807, 2.05) is 78.2 Å². The number of esters is 1. The van der Waals surface area contributed by atoms with Crippen molar-refractivity contribution in [2.24, 2.45) is 5.10 Å². The summed E-state index contributed by atoms with van der Waals surface area (Å²) in [5.74, 6) is 0.627. The van der Waals surface area contributed by atoms with Gasteiger partial charge >= 0.3 is 5.97 Å². The average molecular weight is 547 g/mol. The fraction of sp³-hybridized carbons (Fsp3) is 0.212. The molecule has 0 fully saturated rings. The molecular weight excluding hydrogens is 516 g/mol. The van der Waals surface area contributed by atoms with Crippen LogP contribution in [0.25, 0.3) is 21.8 Å². The molecular formula is C33H30N4O4. The highest BCUT2D eigenvalue weighted by Gasteiger charge is 2.33. The molecule has 0 saturated heterocycles. The van der Waals surface area contributed by atoms with Gasteiger partial charge in [0.15, 0.2) is 6.61 Å². The number of nitrogens with zero attached hydrogens (tertiary/aromatic N) is 4. The van der Waals surface area contributed by atoms with E-state index in [4.69, 9.17) is 14.6 Å². The zero-order valence-electron chi connectivity index (χ0n) is 23.0. The molecule has 4 aromatic carbocycles. The second-order valence-electron chi connectivity index (χ2n) is 9.96. The van der Waals surface area contributed by atoms with Gasteiger partial charge in [0.1, 0.15) is 18.1 Å². The lowest BCUT2D eigenvalue weighted by atomic mass is 9.97. The van der Waals surface area contributed by atoms with Crippen LogP contribution in [-0.4, -0.2) is 45.9 Å². The Kier molecular flexibility index (Phi) is 7.20. The van der Waals surface area contributed by atoms with Crippen molar-refractivity contribution < 1.29 is 19.1 Å². The van der Waals surface area contributed by atoms with Crippen molar-refractivity contribution in [1.29, 1.82) is 0 Å². The summed E-state index contributed by atoms with van der Waals surface area (Å²) in [5, 5.41) is 8.44. The third kappa shape index (κ3) is 5.28. The molecule has 206 valence electrons. The summed E-state index contributed by atoms with van der Waals surface area (Å²) in [4.78, 5) is 31.0. The molecule has 1 aromatic heterocycles. The van der Waals surface area contributed by atoms with Gasteiger partial charge in [-0.05, 0) is 52.2 Å². The second kappa shape index (κ2) is 11.3. The molecule has 0 N–H and O–H groups in total. The first-order chi connectivity index (χ1) is 20.0. The van der Waals surface area contributed by atoms with Gasteiger partial charge in [0.25, 0.3) is 5.91 Å². The van der Waals surface area contributed by atoms with Crippen molar-refractivity contribution in [3.63, 3.8) is 0 Å². The van der Waals surface area contributed by atoms with Gasteiger partial charge in [0, 0.05) is 12.8 Å². The molecule has 0 bridgehead atoms. The number of amides is 1. The Labute approximate surface area is 237 Å². The lowest BCUT2D eigenvalue weighted by Gasteiger charge is -2.22. The monoisotopic (exact) mass is 546 g/mol. The minimum absolute atomic E-state index is 0.0233. The van der Waals surface area contributed by atoms with Crippen LogP contribution in [-0.2, 0) is 27.3 Å². The molecule has 2 heterocycles. The number of benzene rings is 4. The number of imidazole rings is 1. The molecule has 0 aliphatic carbocycles. The summed E-state index contributed by atoms with van der Waals surface area (Å²) in [5.41, 5.74) is 4.35. The maximum atomic E-state index is 13.5. The predicted octanol–water partition coefficient (Wildman–Crippen LogP) is 5.68. The van der Waals surface area contributed by atoms with E-state index in [0.717, 1.165) is 50.2 Å². The standard InChI is InChI=1S/C33H30N4O4/c1-3-31-34-27-10-6-7-11-29(27)36(31)20-33(39)41-21-32(38)37-30(23-14-16-26(40-2)17-15-23)19-28(35-37)25-13-12-22-8-4-5-9-24(22)18-25/h4-18,30H,3,19-21H2,1-2H3. The highest BCUT2D eigenvalue weighted by atomic mass is 16.5. The number of rotatable bonds is 8.